The van der Waals surface area contributed by atoms with Crippen molar-refractivity contribution < 1.29 is 0 Å². The second-order valence-electron chi connectivity index (χ2n) is 4.26. The number of benzene rings is 1. The summed E-state index contributed by atoms with van der Waals surface area (Å²) in [6, 6.07) is 10.7. The Labute approximate surface area is 107 Å². The topological polar surface area (TPSA) is 29.3 Å². The predicted octanol–water partition coefficient (Wildman–Crippen LogP) is 3.15. The van der Waals surface area contributed by atoms with Crippen LogP contribution in [0.1, 0.15) is 16.0 Å². The lowest BCUT2D eigenvalue weighted by Gasteiger charge is -2.21. The zero-order valence-electron chi connectivity index (χ0n) is 10.3. The Bertz CT molecular complexity index is 477. The van der Waals surface area contributed by atoms with Crippen molar-refractivity contribution in [1.82, 2.24) is 0 Å². The van der Waals surface area contributed by atoms with Crippen molar-refractivity contribution in [3.8, 4) is 0 Å². The van der Waals surface area contributed by atoms with Crippen LogP contribution in [0.25, 0.3) is 0 Å². The molecule has 0 aliphatic heterocycles. The second kappa shape index (κ2) is 5.34. The van der Waals surface area contributed by atoms with Gasteiger partial charge in [0.05, 0.1) is 6.54 Å². The van der Waals surface area contributed by atoms with Gasteiger partial charge in [0, 0.05) is 24.2 Å². The molecule has 0 spiro atoms. The molecule has 90 valence electrons. The molecule has 2 nitrogen and oxygen atoms in total. The second-order valence-corrected chi connectivity index (χ2v) is 5.29. The normalized spacial score (nSPS) is 10.5. The molecule has 1 aromatic carbocycles. The SMILES string of the molecule is Cc1cc(CN)ccc1N(C)Cc1cccs1. The van der Waals surface area contributed by atoms with Crippen LogP contribution < -0.4 is 10.6 Å². The minimum Gasteiger partial charge on any atom is -0.369 e. The van der Waals surface area contributed by atoms with Gasteiger partial charge < -0.3 is 10.6 Å². The van der Waals surface area contributed by atoms with E-state index in [0.29, 0.717) is 6.54 Å². The fourth-order valence-corrected chi connectivity index (χ4v) is 2.75. The van der Waals surface area contributed by atoms with Gasteiger partial charge in [-0.05, 0) is 35.6 Å². The fraction of sp³-hybridized carbons (Fsp3) is 0.286. The highest BCUT2D eigenvalue weighted by molar-refractivity contribution is 7.09. The Morgan fingerprint density at radius 2 is 2.12 bits per heavy atom. The van der Waals surface area contributed by atoms with Crippen molar-refractivity contribution in [1.29, 1.82) is 0 Å². The fourth-order valence-electron chi connectivity index (χ4n) is 1.99. The van der Waals surface area contributed by atoms with Crippen molar-refractivity contribution in [3.63, 3.8) is 0 Å². The molecule has 2 N–H and O–H groups in total. The first kappa shape index (κ1) is 12.1. The molecule has 0 amide bonds. The summed E-state index contributed by atoms with van der Waals surface area (Å²) < 4.78 is 0. The number of thiophene rings is 1. The van der Waals surface area contributed by atoms with Gasteiger partial charge in [0.2, 0.25) is 0 Å². The number of rotatable bonds is 4. The molecule has 0 bridgehead atoms. The van der Waals surface area contributed by atoms with E-state index in [-0.39, 0.29) is 0 Å². The monoisotopic (exact) mass is 246 g/mol. The highest BCUT2D eigenvalue weighted by Crippen LogP contribution is 2.22. The molecule has 0 fully saturated rings. The van der Waals surface area contributed by atoms with Crippen LogP contribution in [-0.2, 0) is 13.1 Å². The summed E-state index contributed by atoms with van der Waals surface area (Å²) >= 11 is 1.80. The van der Waals surface area contributed by atoms with Gasteiger partial charge in [0.15, 0.2) is 0 Å². The van der Waals surface area contributed by atoms with E-state index in [9.17, 15) is 0 Å². The van der Waals surface area contributed by atoms with Gasteiger partial charge in [0.25, 0.3) is 0 Å². The summed E-state index contributed by atoms with van der Waals surface area (Å²) in [6.07, 6.45) is 0. The van der Waals surface area contributed by atoms with Crippen molar-refractivity contribution in [2.24, 2.45) is 5.73 Å². The Kier molecular flexibility index (Phi) is 3.82. The van der Waals surface area contributed by atoms with Crippen LogP contribution in [-0.4, -0.2) is 7.05 Å². The summed E-state index contributed by atoms with van der Waals surface area (Å²) in [5.41, 5.74) is 9.39. The lowest BCUT2D eigenvalue weighted by Crippen LogP contribution is -2.16. The number of hydrogen-bond acceptors (Lipinski definition) is 3. The van der Waals surface area contributed by atoms with Crippen molar-refractivity contribution in [3.05, 3.63) is 51.7 Å². The van der Waals surface area contributed by atoms with E-state index in [2.05, 4.69) is 54.6 Å². The molecule has 0 aliphatic rings. The summed E-state index contributed by atoms with van der Waals surface area (Å²) in [4.78, 5) is 3.66. The molecule has 2 aromatic rings. The van der Waals surface area contributed by atoms with Crippen molar-refractivity contribution in [2.75, 3.05) is 11.9 Å². The maximum Gasteiger partial charge on any atom is 0.0519 e. The van der Waals surface area contributed by atoms with E-state index in [4.69, 9.17) is 5.73 Å². The minimum atomic E-state index is 0.607. The molecule has 0 atom stereocenters. The molecule has 0 aliphatic carbocycles. The quantitative estimate of drug-likeness (QED) is 0.898. The third-order valence-corrected chi connectivity index (χ3v) is 3.74. The molecular weight excluding hydrogens is 228 g/mol. The third kappa shape index (κ3) is 2.87. The first-order chi connectivity index (χ1) is 8.20. The van der Waals surface area contributed by atoms with Gasteiger partial charge in [-0.2, -0.15) is 0 Å². The number of anilines is 1. The van der Waals surface area contributed by atoms with Crippen LogP contribution in [0.5, 0.6) is 0 Å². The van der Waals surface area contributed by atoms with Crippen LogP contribution in [0.15, 0.2) is 35.7 Å². The van der Waals surface area contributed by atoms with E-state index >= 15 is 0 Å². The molecule has 1 aromatic heterocycles. The smallest absolute Gasteiger partial charge is 0.0519 e. The van der Waals surface area contributed by atoms with Gasteiger partial charge in [-0.3, -0.25) is 0 Å². The van der Waals surface area contributed by atoms with Crippen LogP contribution in [0.2, 0.25) is 0 Å². The van der Waals surface area contributed by atoms with Crippen molar-refractivity contribution in [2.45, 2.75) is 20.0 Å². The van der Waals surface area contributed by atoms with Gasteiger partial charge in [0.1, 0.15) is 0 Å². The number of nitrogens with two attached hydrogens (primary N) is 1. The van der Waals surface area contributed by atoms with E-state index in [1.165, 1.54) is 21.7 Å². The third-order valence-electron chi connectivity index (χ3n) is 2.88. The van der Waals surface area contributed by atoms with Crippen LogP contribution in [0.3, 0.4) is 0 Å². The molecule has 3 heteroatoms. The number of aryl methyl sites for hydroxylation is 1. The molecule has 0 saturated carbocycles. The lowest BCUT2D eigenvalue weighted by atomic mass is 10.1. The van der Waals surface area contributed by atoms with Gasteiger partial charge in [-0.15, -0.1) is 11.3 Å². The summed E-state index contributed by atoms with van der Waals surface area (Å²) in [7, 11) is 2.13. The lowest BCUT2D eigenvalue weighted by molar-refractivity contribution is 0.931. The first-order valence-corrected chi connectivity index (χ1v) is 6.62. The molecule has 0 radical (unpaired) electrons. The first-order valence-electron chi connectivity index (χ1n) is 5.74. The maximum absolute atomic E-state index is 5.64. The number of hydrogen-bond donors (Lipinski definition) is 1. The predicted molar refractivity (Wildman–Crippen MR) is 75.5 cm³/mol. The van der Waals surface area contributed by atoms with E-state index < -0.39 is 0 Å². The zero-order chi connectivity index (χ0) is 12.3. The molecule has 2 rings (SSSR count). The minimum absolute atomic E-state index is 0.607. The van der Waals surface area contributed by atoms with Crippen molar-refractivity contribution >= 4 is 17.0 Å². The zero-order valence-corrected chi connectivity index (χ0v) is 11.1. The summed E-state index contributed by atoms with van der Waals surface area (Å²) in [6.45, 7) is 3.70. The molecule has 0 unspecified atom stereocenters. The van der Waals surface area contributed by atoms with Crippen LogP contribution in [0.4, 0.5) is 5.69 Å². The highest BCUT2D eigenvalue weighted by Gasteiger charge is 2.06. The van der Waals surface area contributed by atoms with E-state index in [1.54, 1.807) is 11.3 Å². The van der Waals surface area contributed by atoms with E-state index in [0.717, 1.165) is 6.54 Å². The molecular formula is C14H18N2S. The van der Waals surface area contributed by atoms with Gasteiger partial charge in [-0.1, -0.05) is 18.2 Å². The van der Waals surface area contributed by atoms with E-state index in [1.807, 2.05) is 0 Å². The Morgan fingerprint density at radius 1 is 1.29 bits per heavy atom. The molecule has 17 heavy (non-hydrogen) atoms. The average molecular weight is 246 g/mol. The Morgan fingerprint density at radius 3 is 2.71 bits per heavy atom. The summed E-state index contributed by atoms with van der Waals surface area (Å²) in [5, 5.41) is 2.12. The maximum atomic E-state index is 5.64. The summed E-state index contributed by atoms with van der Waals surface area (Å²) in [5.74, 6) is 0. The highest BCUT2D eigenvalue weighted by atomic mass is 32.1. The van der Waals surface area contributed by atoms with Crippen LogP contribution >= 0.6 is 11.3 Å². The van der Waals surface area contributed by atoms with Gasteiger partial charge in [-0.25, -0.2) is 0 Å². The molecule has 1 heterocycles. The van der Waals surface area contributed by atoms with Crippen LogP contribution in [0, 0.1) is 6.92 Å². The number of nitrogens with zero attached hydrogens (tertiary/aromatic N) is 1. The molecule has 0 saturated heterocycles. The largest absolute Gasteiger partial charge is 0.369 e. The average Bonchev–Trinajstić information content (AvgIpc) is 2.81. The Hall–Kier alpha value is -1.32. The standard InChI is InChI=1S/C14H18N2S/c1-11-8-12(9-15)5-6-14(11)16(2)10-13-4-3-7-17-13/h3-8H,9-10,15H2,1-2H3. The van der Waals surface area contributed by atoms with Gasteiger partial charge >= 0.3 is 0 Å². The Balaban J connectivity index is 2.16.